The predicted molar refractivity (Wildman–Crippen MR) is 146 cm³/mol. The maximum atomic E-state index is 13.3. The Morgan fingerprint density at radius 1 is 1.00 bits per heavy atom. The Morgan fingerprint density at radius 3 is 2.59 bits per heavy atom. The molecule has 3 heterocycles. The second kappa shape index (κ2) is 9.40. The van der Waals surface area contributed by atoms with Crippen LogP contribution in [0.4, 0.5) is 5.69 Å². The smallest absolute Gasteiger partial charge is 0.255 e. The number of aryl methyl sites for hydroxylation is 2. The number of pyridine rings is 1. The van der Waals surface area contributed by atoms with Gasteiger partial charge in [-0.15, -0.1) is 0 Å². The number of fused-ring (bicyclic) bond motifs is 1. The summed E-state index contributed by atoms with van der Waals surface area (Å²) in [7, 11) is 0. The molecule has 37 heavy (non-hydrogen) atoms. The van der Waals surface area contributed by atoms with Crippen LogP contribution in [0, 0.1) is 25.7 Å². The largest absolute Gasteiger partial charge is 0.322 e. The molecule has 3 aromatic heterocycles. The fourth-order valence-electron chi connectivity index (χ4n) is 3.97. The molecule has 7 nitrogen and oxygen atoms in total. The highest BCUT2D eigenvalue weighted by Gasteiger charge is 2.17. The van der Waals surface area contributed by atoms with E-state index in [1.807, 2.05) is 61.0 Å². The van der Waals surface area contributed by atoms with Gasteiger partial charge in [0.05, 0.1) is 18.2 Å². The van der Waals surface area contributed by atoms with E-state index in [1.165, 1.54) is 0 Å². The van der Waals surface area contributed by atoms with Gasteiger partial charge in [0.25, 0.3) is 5.91 Å². The molecule has 0 unspecified atom stereocenters. The van der Waals surface area contributed by atoms with E-state index in [2.05, 4.69) is 64.2 Å². The highest BCUT2D eigenvalue weighted by atomic mass is 16.1. The zero-order valence-electron chi connectivity index (χ0n) is 21.5. The van der Waals surface area contributed by atoms with Crippen molar-refractivity contribution >= 4 is 22.6 Å². The number of rotatable bonds is 3. The normalized spacial score (nSPS) is 11.3. The lowest BCUT2D eigenvalue weighted by Crippen LogP contribution is -2.16. The van der Waals surface area contributed by atoms with Gasteiger partial charge in [-0.25, -0.2) is 9.97 Å². The zero-order valence-corrected chi connectivity index (χ0v) is 21.5. The van der Waals surface area contributed by atoms with Crippen LogP contribution in [0.2, 0.25) is 0 Å². The van der Waals surface area contributed by atoms with E-state index in [0.717, 1.165) is 50.4 Å². The average molecular weight is 489 g/mol. The highest BCUT2D eigenvalue weighted by Crippen LogP contribution is 2.28. The fraction of sp³-hybridized carbons (Fsp3) is 0.200. The number of imidazole rings is 1. The van der Waals surface area contributed by atoms with Gasteiger partial charge < -0.3 is 9.88 Å². The topological polar surface area (TPSA) is 88.5 Å². The van der Waals surface area contributed by atoms with Crippen molar-refractivity contribution in [1.82, 2.24) is 24.7 Å². The first-order chi connectivity index (χ1) is 17.7. The Balaban J connectivity index is 1.43. The molecule has 0 aliphatic heterocycles. The molecule has 0 spiro atoms. The third-order valence-corrected chi connectivity index (χ3v) is 6.18. The summed E-state index contributed by atoms with van der Waals surface area (Å²) in [6.07, 6.45) is 7.18. The number of carbonyl (C=O) groups excluding carboxylic acids is 1. The van der Waals surface area contributed by atoms with Crippen molar-refractivity contribution < 1.29 is 4.79 Å². The average Bonchev–Trinajstić information content (AvgIpc) is 3.51. The van der Waals surface area contributed by atoms with Crippen molar-refractivity contribution in [1.29, 1.82) is 0 Å². The molecular weight excluding hydrogens is 460 g/mol. The lowest BCUT2D eigenvalue weighted by atomic mass is 9.86. The summed E-state index contributed by atoms with van der Waals surface area (Å²) in [6, 6.07) is 13.6. The number of carbonyl (C=O) groups is 1. The second-order valence-corrected chi connectivity index (χ2v) is 10.2. The van der Waals surface area contributed by atoms with E-state index in [0.29, 0.717) is 5.56 Å². The number of H-pyrrole nitrogens is 1. The molecule has 5 rings (SSSR count). The molecule has 2 aromatic carbocycles. The van der Waals surface area contributed by atoms with Gasteiger partial charge in [0.1, 0.15) is 0 Å². The van der Waals surface area contributed by atoms with Crippen LogP contribution < -0.4 is 5.32 Å². The van der Waals surface area contributed by atoms with Crippen molar-refractivity contribution in [2.45, 2.75) is 40.0 Å². The van der Waals surface area contributed by atoms with E-state index in [9.17, 15) is 4.79 Å². The van der Waals surface area contributed by atoms with E-state index < -0.39 is 0 Å². The van der Waals surface area contributed by atoms with Gasteiger partial charge in [0.2, 0.25) is 0 Å². The molecule has 0 aliphatic rings. The van der Waals surface area contributed by atoms with Gasteiger partial charge >= 0.3 is 0 Å². The van der Waals surface area contributed by atoms with Crippen LogP contribution in [0.3, 0.4) is 0 Å². The van der Waals surface area contributed by atoms with Crippen molar-refractivity contribution in [2.75, 3.05) is 5.32 Å². The van der Waals surface area contributed by atoms with Crippen molar-refractivity contribution in [3.05, 3.63) is 101 Å². The van der Waals surface area contributed by atoms with Crippen LogP contribution in [0.5, 0.6) is 0 Å². The molecule has 0 aliphatic carbocycles. The first-order valence-electron chi connectivity index (χ1n) is 12.1. The van der Waals surface area contributed by atoms with Gasteiger partial charge in [-0.3, -0.25) is 9.89 Å². The molecule has 0 saturated carbocycles. The lowest BCUT2D eigenvalue weighted by molar-refractivity contribution is 0.102. The third-order valence-electron chi connectivity index (χ3n) is 6.18. The Bertz CT molecular complexity index is 1690. The number of aromatic nitrogens is 5. The van der Waals surface area contributed by atoms with Crippen molar-refractivity contribution in [2.24, 2.45) is 0 Å². The summed E-state index contributed by atoms with van der Waals surface area (Å²) in [6.45, 7) is 10.4. The van der Waals surface area contributed by atoms with Crippen LogP contribution in [0.15, 0.2) is 67.4 Å². The first-order valence-corrected chi connectivity index (χ1v) is 12.1. The summed E-state index contributed by atoms with van der Waals surface area (Å²) in [5.41, 5.74) is 7.46. The van der Waals surface area contributed by atoms with Crippen LogP contribution in [0.25, 0.3) is 16.7 Å². The van der Waals surface area contributed by atoms with Gasteiger partial charge in [0.15, 0.2) is 5.65 Å². The number of anilines is 1. The summed E-state index contributed by atoms with van der Waals surface area (Å²) >= 11 is 0. The zero-order chi connectivity index (χ0) is 26.2. The molecule has 5 aromatic rings. The van der Waals surface area contributed by atoms with Crippen LogP contribution in [0.1, 0.15) is 59.1 Å². The predicted octanol–water partition coefficient (Wildman–Crippen LogP) is 5.71. The Morgan fingerprint density at radius 2 is 1.84 bits per heavy atom. The monoisotopic (exact) mass is 488 g/mol. The standard InChI is InChI=1S/C30H28N6O/c1-19-6-8-23(11-22(19)9-7-21-10-24-16-33-35-28(24)31-15-21)29(37)34-26-12-25(30(3,4)5)13-27(14-26)36-17-20(2)32-18-36/h6,8,10-18H,1-5H3,(H,34,37)(H,31,33,35). The minimum Gasteiger partial charge on any atom is -0.322 e. The molecule has 0 atom stereocenters. The molecular formula is C30H28N6O. The van der Waals surface area contributed by atoms with Crippen LogP contribution in [-0.2, 0) is 5.41 Å². The molecule has 2 N–H and O–H groups in total. The molecule has 0 bridgehead atoms. The van der Waals surface area contributed by atoms with E-state index in [1.54, 1.807) is 18.7 Å². The Hall–Kier alpha value is -4.70. The summed E-state index contributed by atoms with van der Waals surface area (Å²) < 4.78 is 1.97. The van der Waals surface area contributed by atoms with Gasteiger partial charge in [-0.1, -0.05) is 38.7 Å². The lowest BCUT2D eigenvalue weighted by Gasteiger charge is -2.22. The number of hydrogen-bond donors (Lipinski definition) is 2. The molecule has 7 heteroatoms. The first kappa shape index (κ1) is 24.0. The molecule has 0 saturated heterocycles. The molecule has 0 fully saturated rings. The summed E-state index contributed by atoms with van der Waals surface area (Å²) in [5, 5.41) is 10.8. The highest BCUT2D eigenvalue weighted by molar-refractivity contribution is 6.04. The minimum atomic E-state index is -0.191. The Labute approximate surface area is 216 Å². The number of nitrogens with zero attached hydrogens (tertiary/aromatic N) is 4. The maximum Gasteiger partial charge on any atom is 0.255 e. The van der Waals surface area contributed by atoms with Crippen molar-refractivity contribution in [3.8, 4) is 17.5 Å². The summed E-state index contributed by atoms with van der Waals surface area (Å²) in [5.74, 6) is 6.16. The minimum absolute atomic E-state index is 0.0912. The second-order valence-electron chi connectivity index (χ2n) is 10.2. The number of amides is 1. The Kier molecular flexibility index (Phi) is 6.10. The van der Waals surface area contributed by atoms with Gasteiger partial charge in [0, 0.05) is 45.8 Å². The van der Waals surface area contributed by atoms with Gasteiger partial charge in [-0.05, 0) is 66.8 Å². The van der Waals surface area contributed by atoms with E-state index in [-0.39, 0.29) is 11.3 Å². The van der Waals surface area contributed by atoms with Crippen molar-refractivity contribution in [3.63, 3.8) is 0 Å². The quantitative estimate of drug-likeness (QED) is 0.318. The molecule has 0 radical (unpaired) electrons. The van der Waals surface area contributed by atoms with Crippen LogP contribution >= 0.6 is 0 Å². The van der Waals surface area contributed by atoms with Gasteiger partial charge in [-0.2, -0.15) is 5.10 Å². The fourth-order valence-corrected chi connectivity index (χ4v) is 3.97. The molecule has 1 amide bonds. The number of hydrogen-bond acceptors (Lipinski definition) is 4. The molecule has 184 valence electrons. The summed E-state index contributed by atoms with van der Waals surface area (Å²) in [4.78, 5) is 22.0. The van der Waals surface area contributed by atoms with E-state index in [4.69, 9.17) is 0 Å². The SMILES string of the molecule is Cc1cn(-c2cc(NC(=O)c3ccc(C)c(C#Cc4cnc5[nH]ncc5c4)c3)cc(C(C)(C)C)c2)cn1. The third kappa shape index (κ3) is 5.29. The van der Waals surface area contributed by atoms with Crippen LogP contribution in [-0.4, -0.2) is 30.6 Å². The number of benzene rings is 2. The number of nitrogens with one attached hydrogen (secondary N) is 2. The number of aromatic amines is 1. The maximum absolute atomic E-state index is 13.3. The van der Waals surface area contributed by atoms with E-state index >= 15 is 0 Å².